The molecule has 0 spiro atoms. The second-order valence-electron chi connectivity index (χ2n) is 6.88. The van der Waals surface area contributed by atoms with E-state index in [0.717, 1.165) is 51.1 Å². The van der Waals surface area contributed by atoms with Crippen LogP contribution in [-0.4, -0.2) is 52.7 Å². The quantitative estimate of drug-likeness (QED) is 0.827. The van der Waals surface area contributed by atoms with Crippen molar-refractivity contribution in [2.45, 2.75) is 50.1 Å². The molecule has 4 aliphatic rings. The SMILES string of the molecule is NC1(c2nc(C3CN4CCN3CC4)no2)CCCCCC1. The Morgan fingerprint density at radius 1 is 1.05 bits per heavy atom. The van der Waals surface area contributed by atoms with Gasteiger partial charge in [0.05, 0.1) is 11.6 Å². The van der Waals surface area contributed by atoms with Gasteiger partial charge in [0.15, 0.2) is 5.82 Å². The van der Waals surface area contributed by atoms with E-state index in [0.29, 0.717) is 11.9 Å². The molecule has 1 atom stereocenters. The normalized spacial score (nSPS) is 35.6. The van der Waals surface area contributed by atoms with Crippen LogP contribution in [0.15, 0.2) is 4.52 Å². The summed E-state index contributed by atoms with van der Waals surface area (Å²) in [7, 11) is 0. The van der Waals surface area contributed by atoms with Crippen molar-refractivity contribution in [1.29, 1.82) is 0 Å². The fourth-order valence-electron chi connectivity index (χ4n) is 4.01. The van der Waals surface area contributed by atoms with Crippen LogP contribution in [0, 0.1) is 0 Å². The van der Waals surface area contributed by atoms with E-state index in [9.17, 15) is 0 Å². The summed E-state index contributed by atoms with van der Waals surface area (Å²) in [5, 5.41) is 4.28. The number of piperazine rings is 3. The van der Waals surface area contributed by atoms with Gasteiger partial charge in [-0.05, 0) is 12.8 Å². The molecule has 6 heteroatoms. The summed E-state index contributed by atoms with van der Waals surface area (Å²) in [5.74, 6) is 1.50. The first-order valence-corrected chi connectivity index (χ1v) is 8.34. The lowest BCUT2D eigenvalue weighted by atomic mass is 9.91. The Bertz CT molecular complexity index is 486. The Hall–Kier alpha value is -0.980. The standard InChI is InChI=1S/C15H25N5O/c16-15(5-3-1-2-4-6-15)14-17-13(18-21-14)12-11-19-7-9-20(12)10-8-19/h12H,1-11,16H2. The second kappa shape index (κ2) is 5.34. The molecule has 4 heterocycles. The first-order chi connectivity index (χ1) is 10.2. The van der Waals surface area contributed by atoms with Crippen molar-refractivity contribution < 1.29 is 4.52 Å². The third-order valence-corrected chi connectivity index (χ3v) is 5.44. The Kier molecular flexibility index (Phi) is 3.47. The lowest BCUT2D eigenvalue weighted by molar-refractivity contribution is 0.00781. The van der Waals surface area contributed by atoms with Gasteiger partial charge in [-0.25, -0.2) is 0 Å². The molecule has 116 valence electrons. The maximum Gasteiger partial charge on any atom is 0.246 e. The highest BCUT2D eigenvalue weighted by molar-refractivity contribution is 5.07. The van der Waals surface area contributed by atoms with E-state index in [1.807, 2.05) is 0 Å². The number of nitrogens with two attached hydrogens (primary N) is 1. The van der Waals surface area contributed by atoms with E-state index >= 15 is 0 Å². The third-order valence-electron chi connectivity index (χ3n) is 5.44. The predicted octanol–water partition coefficient (Wildman–Crippen LogP) is 1.25. The molecule has 5 rings (SSSR count). The molecule has 0 amide bonds. The molecule has 4 fully saturated rings. The van der Waals surface area contributed by atoms with Crippen LogP contribution in [0.5, 0.6) is 0 Å². The number of aromatic nitrogens is 2. The van der Waals surface area contributed by atoms with Crippen LogP contribution in [0.1, 0.15) is 56.3 Å². The van der Waals surface area contributed by atoms with Crippen molar-refractivity contribution in [3.63, 3.8) is 0 Å². The van der Waals surface area contributed by atoms with E-state index in [2.05, 4.69) is 15.0 Å². The molecule has 21 heavy (non-hydrogen) atoms. The maximum atomic E-state index is 6.58. The monoisotopic (exact) mass is 291 g/mol. The fourth-order valence-corrected chi connectivity index (χ4v) is 4.01. The van der Waals surface area contributed by atoms with Gasteiger partial charge in [-0.1, -0.05) is 30.8 Å². The molecule has 2 N–H and O–H groups in total. The van der Waals surface area contributed by atoms with Gasteiger partial charge in [0.1, 0.15) is 0 Å². The summed E-state index contributed by atoms with van der Waals surface area (Å²) in [6, 6.07) is 0.291. The van der Waals surface area contributed by atoms with Crippen LogP contribution in [0.3, 0.4) is 0 Å². The molecule has 1 saturated carbocycles. The molecule has 3 aliphatic heterocycles. The zero-order valence-corrected chi connectivity index (χ0v) is 12.6. The van der Waals surface area contributed by atoms with Gasteiger partial charge >= 0.3 is 0 Å². The van der Waals surface area contributed by atoms with Crippen LogP contribution in [0.4, 0.5) is 0 Å². The molecular weight excluding hydrogens is 266 g/mol. The second-order valence-corrected chi connectivity index (χ2v) is 6.88. The number of hydrogen-bond acceptors (Lipinski definition) is 6. The molecule has 1 aromatic heterocycles. The van der Waals surface area contributed by atoms with E-state index in [4.69, 9.17) is 15.2 Å². The van der Waals surface area contributed by atoms with Gasteiger partial charge in [-0.2, -0.15) is 4.98 Å². The van der Waals surface area contributed by atoms with E-state index < -0.39 is 5.54 Å². The van der Waals surface area contributed by atoms with Crippen LogP contribution < -0.4 is 5.73 Å². The fraction of sp³-hybridized carbons (Fsp3) is 0.867. The lowest BCUT2D eigenvalue weighted by Gasteiger charge is -2.46. The average Bonchev–Trinajstić information content (AvgIpc) is 2.93. The van der Waals surface area contributed by atoms with Crippen molar-refractivity contribution in [2.24, 2.45) is 5.73 Å². The predicted molar refractivity (Wildman–Crippen MR) is 78.6 cm³/mol. The molecule has 1 unspecified atom stereocenters. The number of hydrogen-bond donors (Lipinski definition) is 1. The lowest BCUT2D eigenvalue weighted by Crippen LogP contribution is -2.57. The summed E-state index contributed by atoms with van der Waals surface area (Å²) in [4.78, 5) is 9.69. The van der Waals surface area contributed by atoms with Crippen molar-refractivity contribution in [1.82, 2.24) is 19.9 Å². The van der Waals surface area contributed by atoms with Crippen LogP contribution in [0.2, 0.25) is 0 Å². The van der Waals surface area contributed by atoms with Gasteiger partial charge < -0.3 is 10.3 Å². The summed E-state index contributed by atoms with van der Waals surface area (Å²) >= 11 is 0. The molecule has 1 aromatic rings. The minimum atomic E-state index is -0.398. The Morgan fingerprint density at radius 3 is 2.38 bits per heavy atom. The van der Waals surface area contributed by atoms with E-state index in [1.54, 1.807) is 0 Å². The minimum absolute atomic E-state index is 0.291. The summed E-state index contributed by atoms with van der Waals surface area (Å²) < 4.78 is 5.59. The largest absolute Gasteiger partial charge is 0.337 e. The van der Waals surface area contributed by atoms with Crippen molar-refractivity contribution in [2.75, 3.05) is 32.7 Å². The third kappa shape index (κ3) is 2.49. The van der Waals surface area contributed by atoms with Crippen LogP contribution in [-0.2, 0) is 5.54 Å². The Morgan fingerprint density at radius 2 is 1.76 bits per heavy atom. The topological polar surface area (TPSA) is 71.4 Å². The molecule has 0 radical (unpaired) electrons. The number of fused-ring (bicyclic) bond motifs is 3. The minimum Gasteiger partial charge on any atom is -0.337 e. The first kappa shape index (κ1) is 13.7. The van der Waals surface area contributed by atoms with Crippen LogP contribution >= 0.6 is 0 Å². The summed E-state index contributed by atoms with van der Waals surface area (Å²) in [6.45, 7) is 5.59. The highest BCUT2D eigenvalue weighted by Crippen LogP contribution is 2.34. The molecule has 0 aromatic carbocycles. The van der Waals surface area contributed by atoms with Crippen molar-refractivity contribution >= 4 is 0 Å². The van der Waals surface area contributed by atoms with Gasteiger partial charge in [0.25, 0.3) is 0 Å². The molecule has 6 nitrogen and oxygen atoms in total. The molecule has 2 bridgehead atoms. The van der Waals surface area contributed by atoms with Gasteiger partial charge in [-0.15, -0.1) is 0 Å². The Balaban J connectivity index is 1.55. The van der Waals surface area contributed by atoms with E-state index in [1.165, 1.54) is 25.9 Å². The van der Waals surface area contributed by atoms with Gasteiger partial charge in [0.2, 0.25) is 5.89 Å². The summed E-state index contributed by atoms with van der Waals surface area (Å²) in [5.41, 5.74) is 6.18. The first-order valence-electron chi connectivity index (χ1n) is 8.34. The van der Waals surface area contributed by atoms with Crippen LogP contribution in [0.25, 0.3) is 0 Å². The zero-order chi connectivity index (χ0) is 14.3. The summed E-state index contributed by atoms with van der Waals surface area (Å²) in [6.07, 6.45) is 6.80. The zero-order valence-electron chi connectivity index (χ0n) is 12.6. The molecule has 3 saturated heterocycles. The Labute approximate surface area is 125 Å². The molecular formula is C15H25N5O. The number of rotatable bonds is 2. The van der Waals surface area contributed by atoms with Gasteiger partial charge in [-0.3, -0.25) is 9.80 Å². The molecule has 1 aliphatic carbocycles. The van der Waals surface area contributed by atoms with Gasteiger partial charge in [0, 0.05) is 32.7 Å². The van der Waals surface area contributed by atoms with E-state index in [-0.39, 0.29) is 0 Å². The highest BCUT2D eigenvalue weighted by Gasteiger charge is 2.38. The maximum absolute atomic E-state index is 6.58. The highest BCUT2D eigenvalue weighted by atomic mass is 16.5. The number of nitrogens with zero attached hydrogens (tertiary/aromatic N) is 4. The smallest absolute Gasteiger partial charge is 0.246 e. The van der Waals surface area contributed by atoms with Crippen molar-refractivity contribution in [3.05, 3.63) is 11.7 Å². The van der Waals surface area contributed by atoms with Crippen molar-refractivity contribution in [3.8, 4) is 0 Å². The average molecular weight is 291 g/mol.